The van der Waals surface area contributed by atoms with E-state index >= 15 is 0 Å². The fraction of sp³-hybridized carbons (Fsp3) is 0.455. The number of nitrogens with one attached hydrogen (secondary N) is 1. The number of benzene rings is 1. The Morgan fingerprint density at radius 2 is 2.31 bits per heavy atom. The smallest absolute Gasteiger partial charge is 0.127 e. The number of nitrogens with two attached hydrogens (primary N) is 1. The molecule has 1 unspecified atom stereocenters. The fourth-order valence-electron chi connectivity index (χ4n) is 1.38. The maximum atomic E-state index is 13.6. The van der Waals surface area contributed by atoms with E-state index in [4.69, 9.17) is 5.84 Å². The van der Waals surface area contributed by atoms with Crippen molar-refractivity contribution >= 4 is 27.7 Å². The first kappa shape index (κ1) is 14.0. The summed E-state index contributed by atoms with van der Waals surface area (Å²) in [5.41, 5.74) is 3.43. The van der Waals surface area contributed by atoms with Crippen LogP contribution >= 0.6 is 27.7 Å². The van der Waals surface area contributed by atoms with Gasteiger partial charge in [-0.15, -0.1) is 0 Å². The summed E-state index contributed by atoms with van der Waals surface area (Å²) >= 11 is 5.03. The Labute approximate surface area is 108 Å². The number of thioether (sulfide) groups is 1. The minimum Gasteiger partial charge on any atom is -0.271 e. The molecule has 0 aromatic heterocycles. The Kier molecular flexibility index (Phi) is 6.34. The van der Waals surface area contributed by atoms with E-state index in [1.165, 1.54) is 6.07 Å². The molecule has 0 spiro atoms. The van der Waals surface area contributed by atoms with Gasteiger partial charge in [0.15, 0.2) is 0 Å². The number of hydrogen-bond donors (Lipinski definition) is 2. The van der Waals surface area contributed by atoms with E-state index in [0.717, 1.165) is 16.0 Å². The highest BCUT2D eigenvalue weighted by Crippen LogP contribution is 2.17. The molecular formula is C11H16BrFN2S. The molecule has 90 valence electrons. The third-order valence-corrected chi connectivity index (χ3v) is 3.78. The summed E-state index contributed by atoms with van der Waals surface area (Å²) in [5.74, 6) is 7.20. The van der Waals surface area contributed by atoms with E-state index < -0.39 is 0 Å². The molecule has 1 atom stereocenters. The zero-order valence-electron chi connectivity index (χ0n) is 9.17. The van der Waals surface area contributed by atoms with E-state index in [1.54, 1.807) is 17.8 Å². The maximum absolute atomic E-state index is 13.6. The van der Waals surface area contributed by atoms with Crippen LogP contribution in [0.15, 0.2) is 22.7 Å². The molecule has 0 radical (unpaired) electrons. The predicted molar refractivity (Wildman–Crippen MR) is 71.9 cm³/mol. The minimum atomic E-state index is -0.184. The SMILES string of the molecule is CCSCC(Cc1ccc(Br)cc1F)NN. The van der Waals surface area contributed by atoms with Crippen LogP contribution in [0, 0.1) is 5.82 Å². The number of halogens is 2. The van der Waals surface area contributed by atoms with E-state index in [-0.39, 0.29) is 11.9 Å². The summed E-state index contributed by atoms with van der Waals surface area (Å²) in [6, 6.07) is 5.23. The van der Waals surface area contributed by atoms with Gasteiger partial charge in [-0.1, -0.05) is 28.9 Å². The number of hydrazine groups is 1. The maximum Gasteiger partial charge on any atom is 0.127 e. The highest BCUT2D eigenvalue weighted by molar-refractivity contribution is 9.10. The van der Waals surface area contributed by atoms with Gasteiger partial charge in [0, 0.05) is 16.3 Å². The summed E-state index contributed by atoms with van der Waals surface area (Å²) in [4.78, 5) is 0. The summed E-state index contributed by atoms with van der Waals surface area (Å²) in [6.45, 7) is 2.10. The van der Waals surface area contributed by atoms with Gasteiger partial charge in [0.2, 0.25) is 0 Å². The first-order chi connectivity index (χ1) is 7.67. The van der Waals surface area contributed by atoms with Crippen LogP contribution in [0.4, 0.5) is 4.39 Å². The average molecular weight is 307 g/mol. The first-order valence-electron chi connectivity index (χ1n) is 5.15. The lowest BCUT2D eigenvalue weighted by atomic mass is 10.1. The molecule has 5 heteroatoms. The molecule has 0 fully saturated rings. The second kappa shape index (κ2) is 7.27. The molecule has 0 amide bonds. The Bertz CT molecular complexity index is 336. The van der Waals surface area contributed by atoms with Crippen LogP contribution in [0.1, 0.15) is 12.5 Å². The molecule has 0 aliphatic heterocycles. The second-order valence-electron chi connectivity index (χ2n) is 3.46. The molecule has 0 saturated carbocycles. The number of hydrogen-bond acceptors (Lipinski definition) is 3. The molecule has 0 aliphatic carbocycles. The van der Waals surface area contributed by atoms with Crippen LogP contribution in [0.2, 0.25) is 0 Å². The van der Waals surface area contributed by atoms with E-state index in [0.29, 0.717) is 12.0 Å². The molecule has 1 aromatic carbocycles. The highest BCUT2D eigenvalue weighted by Gasteiger charge is 2.10. The molecule has 0 bridgehead atoms. The van der Waals surface area contributed by atoms with Gasteiger partial charge < -0.3 is 0 Å². The molecule has 1 aromatic rings. The van der Waals surface area contributed by atoms with Crippen molar-refractivity contribution in [3.63, 3.8) is 0 Å². The van der Waals surface area contributed by atoms with Crippen molar-refractivity contribution in [2.75, 3.05) is 11.5 Å². The van der Waals surface area contributed by atoms with Gasteiger partial charge in [-0.25, -0.2) is 4.39 Å². The first-order valence-corrected chi connectivity index (χ1v) is 7.10. The van der Waals surface area contributed by atoms with Gasteiger partial charge in [-0.05, 0) is 29.9 Å². The Balaban J connectivity index is 2.62. The van der Waals surface area contributed by atoms with Crippen LogP contribution in [0.3, 0.4) is 0 Å². The normalized spacial score (nSPS) is 12.8. The van der Waals surface area contributed by atoms with E-state index in [1.807, 2.05) is 6.07 Å². The average Bonchev–Trinajstić information content (AvgIpc) is 2.27. The van der Waals surface area contributed by atoms with Gasteiger partial charge >= 0.3 is 0 Å². The zero-order valence-corrected chi connectivity index (χ0v) is 11.6. The molecule has 2 nitrogen and oxygen atoms in total. The van der Waals surface area contributed by atoms with Crippen molar-refractivity contribution in [1.82, 2.24) is 5.43 Å². The molecule has 0 aliphatic rings. The van der Waals surface area contributed by atoms with Crippen molar-refractivity contribution in [1.29, 1.82) is 0 Å². The molecule has 0 heterocycles. The third-order valence-electron chi connectivity index (χ3n) is 2.24. The van der Waals surface area contributed by atoms with Crippen molar-refractivity contribution < 1.29 is 4.39 Å². The lowest BCUT2D eigenvalue weighted by molar-refractivity contribution is 0.546. The topological polar surface area (TPSA) is 38.0 Å². The highest BCUT2D eigenvalue weighted by atomic mass is 79.9. The summed E-state index contributed by atoms with van der Waals surface area (Å²) in [5, 5.41) is 0. The van der Waals surface area contributed by atoms with Gasteiger partial charge in [-0.2, -0.15) is 11.8 Å². The summed E-state index contributed by atoms with van der Waals surface area (Å²) in [6.07, 6.45) is 0.614. The lowest BCUT2D eigenvalue weighted by Crippen LogP contribution is -2.38. The van der Waals surface area contributed by atoms with Crippen molar-refractivity contribution in [3.05, 3.63) is 34.1 Å². The molecular weight excluding hydrogens is 291 g/mol. The van der Waals surface area contributed by atoms with Crippen molar-refractivity contribution in [2.24, 2.45) is 5.84 Å². The lowest BCUT2D eigenvalue weighted by Gasteiger charge is -2.15. The molecule has 16 heavy (non-hydrogen) atoms. The van der Waals surface area contributed by atoms with Crippen LogP contribution in [0.25, 0.3) is 0 Å². The largest absolute Gasteiger partial charge is 0.271 e. The predicted octanol–water partition coefficient (Wildman–Crippen LogP) is 2.72. The van der Waals surface area contributed by atoms with Gasteiger partial charge in [0.1, 0.15) is 5.82 Å². The Morgan fingerprint density at radius 3 is 2.88 bits per heavy atom. The monoisotopic (exact) mass is 306 g/mol. The molecule has 0 saturated heterocycles. The van der Waals surface area contributed by atoms with Gasteiger partial charge in [-0.3, -0.25) is 11.3 Å². The molecule has 1 rings (SSSR count). The second-order valence-corrected chi connectivity index (χ2v) is 5.70. The van der Waals surface area contributed by atoms with Crippen molar-refractivity contribution in [2.45, 2.75) is 19.4 Å². The minimum absolute atomic E-state index is 0.112. The van der Waals surface area contributed by atoms with Gasteiger partial charge in [0.25, 0.3) is 0 Å². The fourth-order valence-corrected chi connectivity index (χ4v) is 2.45. The summed E-state index contributed by atoms with van der Waals surface area (Å²) < 4.78 is 14.3. The number of rotatable bonds is 6. The Hall–Kier alpha value is -0.100. The quantitative estimate of drug-likeness (QED) is 0.627. The Morgan fingerprint density at radius 1 is 1.56 bits per heavy atom. The van der Waals surface area contributed by atoms with E-state index in [2.05, 4.69) is 28.3 Å². The van der Waals surface area contributed by atoms with Crippen LogP contribution in [-0.4, -0.2) is 17.5 Å². The van der Waals surface area contributed by atoms with Crippen LogP contribution in [-0.2, 0) is 6.42 Å². The zero-order chi connectivity index (χ0) is 12.0. The van der Waals surface area contributed by atoms with Crippen LogP contribution < -0.4 is 11.3 Å². The summed E-state index contributed by atoms with van der Waals surface area (Å²) in [7, 11) is 0. The van der Waals surface area contributed by atoms with E-state index in [9.17, 15) is 4.39 Å². The van der Waals surface area contributed by atoms with Gasteiger partial charge in [0.05, 0.1) is 0 Å². The standard InChI is InChI=1S/C11H16BrFN2S/c1-2-16-7-10(15-14)5-8-3-4-9(12)6-11(8)13/h3-4,6,10,15H,2,5,7,14H2,1H3. The van der Waals surface area contributed by atoms with Crippen molar-refractivity contribution in [3.8, 4) is 0 Å². The third kappa shape index (κ3) is 4.41. The van der Waals surface area contributed by atoms with Crippen LogP contribution in [0.5, 0.6) is 0 Å². The molecule has 3 N–H and O–H groups in total.